The highest BCUT2D eigenvalue weighted by atomic mass is 32.2. The molecule has 0 aromatic carbocycles. The number of fused-ring (bicyclic) bond motifs is 2. The standard InChI is InChI=1S/C31H36FN7O3S/c1-36-12-2-3-26(36)19-4-9-27-35-25(18-37(27)17-19)29(40)34-21-5-7-22(8-6-21)39-30(41)24-15-20(32)16-33-28(24)38(31(39)42)23-10-13-43-14-11-23/h4,9,15-18,21-23,26H,2-3,5-8,10-14H2,1H3,(H,34,40)/t21-,22+,26?. The summed E-state index contributed by atoms with van der Waals surface area (Å²) < 4.78 is 19.1. The van der Waals surface area contributed by atoms with Crippen LogP contribution < -0.4 is 16.6 Å². The number of pyridine rings is 2. The molecule has 4 aromatic rings. The van der Waals surface area contributed by atoms with Gasteiger partial charge in [0.1, 0.15) is 22.8 Å². The van der Waals surface area contributed by atoms with Crippen LogP contribution in [-0.2, 0) is 0 Å². The van der Waals surface area contributed by atoms with E-state index in [0.29, 0.717) is 37.4 Å². The van der Waals surface area contributed by atoms with E-state index in [0.717, 1.165) is 49.2 Å². The van der Waals surface area contributed by atoms with Crippen LogP contribution in [0.25, 0.3) is 16.7 Å². The predicted molar refractivity (Wildman–Crippen MR) is 164 cm³/mol. The Balaban J connectivity index is 1.08. The third-order valence-electron chi connectivity index (χ3n) is 9.49. The lowest BCUT2D eigenvalue weighted by molar-refractivity contribution is 0.0917. The largest absolute Gasteiger partial charge is 0.348 e. The van der Waals surface area contributed by atoms with Crippen LogP contribution in [0.5, 0.6) is 0 Å². The van der Waals surface area contributed by atoms with E-state index in [9.17, 15) is 18.8 Å². The molecule has 2 saturated heterocycles. The second kappa shape index (κ2) is 11.5. The van der Waals surface area contributed by atoms with Crippen molar-refractivity contribution in [2.75, 3.05) is 25.1 Å². The highest BCUT2D eigenvalue weighted by Gasteiger charge is 2.30. The second-order valence-corrected chi connectivity index (χ2v) is 13.4. The molecule has 1 unspecified atom stereocenters. The normalized spacial score (nSPS) is 23.7. The van der Waals surface area contributed by atoms with Crippen molar-refractivity contribution in [2.24, 2.45) is 0 Å². The van der Waals surface area contributed by atoms with Gasteiger partial charge in [0.15, 0.2) is 0 Å². The fraction of sp³-hybridized carbons (Fsp3) is 0.516. The summed E-state index contributed by atoms with van der Waals surface area (Å²) in [6.07, 6.45) is 11.2. The van der Waals surface area contributed by atoms with E-state index in [1.807, 2.05) is 22.2 Å². The Morgan fingerprint density at radius 3 is 2.51 bits per heavy atom. The van der Waals surface area contributed by atoms with E-state index >= 15 is 0 Å². The van der Waals surface area contributed by atoms with Crippen molar-refractivity contribution in [2.45, 2.75) is 75.5 Å². The highest BCUT2D eigenvalue weighted by molar-refractivity contribution is 7.99. The van der Waals surface area contributed by atoms with Gasteiger partial charge in [-0.1, -0.05) is 6.07 Å². The maximum Gasteiger partial charge on any atom is 0.333 e. The number of carbonyl (C=O) groups is 1. The van der Waals surface area contributed by atoms with E-state index in [-0.39, 0.29) is 40.8 Å². The van der Waals surface area contributed by atoms with Crippen molar-refractivity contribution in [3.63, 3.8) is 0 Å². The van der Waals surface area contributed by atoms with Gasteiger partial charge in [-0.3, -0.25) is 23.6 Å². The van der Waals surface area contributed by atoms with Crippen LogP contribution in [0.3, 0.4) is 0 Å². The van der Waals surface area contributed by atoms with Crippen molar-refractivity contribution < 1.29 is 9.18 Å². The Morgan fingerprint density at radius 1 is 1.00 bits per heavy atom. The van der Waals surface area contributed by atoms with Gasteiger partial charge in [-0.05, 0) is 94.2 Å². The number of imidazole rings is 1. The third-order valence-corrected chi connectivity index (χ3v) is 10.5. The van der Waals surface area contributed by atoms with Crippen LogP contribution >= 0.6 is 11.8 Å². The molecular formula is C31H36FN7O3S. The summed E-state index contributed by atoms with van der Waals surface area (Å²) in [5.41, 5.74) is 1.72. The first-order valence-electron chi connectivity index (χ1n) is 15.3. The zero-order valence-electron chi connectivity index (χ0n) is 24.2. The second-order valence-electron chi connectivity index (χ2n) is 12.2. The SMILES string of the molecule is CN1CCCC1c1ccc2nc(C(=O)N[C@H]3CC[C@@H](n4c(=O)c5cc(F)cnc5n(C5CCSCC5)c4=O)CC3)cn2c1. The minimum absolute atomic E-state index is 0.0720. The van der Waals surface area contributed by atoms with Crippen LogP contribution in [0, 0.1) is 5.82 Å². The molecule has 0 spiro atoms. The number of rotatable bonds is 5. The lowest BCUT2D eigenvalue weighted by Crippen LogP contribution is -2.46. The molecular weight excluding hydrogens is 569 g/mol. The van der Waals surface area contributed by atoms with Crippen LogP contribution in [-0.4, -0.2) is 65.4 Å². The van der Waals surface area contributed by atoms with Crippen LogP contribution in [0.15, 0.2) is 46.4 Å². The van der Waals surface area contributed by atoms with Crippen molar-refractivity contribution >= 4 is 34.3 Å². The van der Waals surface area contributed by atoms with Crippen LogP contribution in [0.1, 0.15) is 85.5 Å². The number of amides is 1. The summed E-state index contributed by atoms with van der Waals surface area (Å²) in [4.78, 5) is 51.7. The number of nitrogens with one attached hydrogen (secondary N) is 1. The maximum atomic E-state index is 14.2. The monoisotopic (exact) mass is 605 g/mol. The number of likely N-dealkylation sites (tertiary alicyclic amines) is 1. The zero-order valence-corrected chi connectivity index (χ0v) is 25.1. The maximum absolute atomic E-state index is 14.2. The van der Waals surface area contributed by atoms with Gasteiger partial charge in [0.25, 0.3) is 11.5 Å². The Kier molecular flexibility index (Phi) is 7.58. The molecule has 3 fully saturated rings. The summed E-state index contributed by atoms with van der Waals surface area (Å²) in [5.74, 6) is 1.03. The number of hydrogen-bond acceptors (Lipinski definition) is 7. The lowest BCUT2D eigenvalue weighted by Gasteiger charge is -2.31. The summed E-state index contributed by atoms with van der Waals surface area (Å²) in [7, 11) is 2.14. The molecule has 1 saturated carbocycles. The molecule has 7 rings (SSSR count). The first kappa shape index (κ1) is 28.3. The Hall–Kier alpha value is -3.51. The van der Waals surface area contributed by atoms with Crippen LogP contribution in [0.2, 0.25) is 0 Å². The molecule has 1 N–H and O–H groups in total. The van der Waals surface area contributed by atoms with Gasteiger partial charge in [0.2, 0.25) is 0 Å². The van der Waals surface area contributed by atoms with Gasteiger partial charge in [0, 0.05) is 36.6 Å². The molecule has 1 aliphatic carbocycles. The summed E-state index contributed by atoms with van der Waals surface area (Å²) in [6, 6.07) is 5.15. The highest BCUT2D eigenvalue weighted by Crippen LogP contribution is 2.32. The van der Waals surface area contributed by atoms with E-state index in [4.69, 9.17) is 0 Å². The number of nitrogens with zero attached hydrogens (tertiary/aromatic N) is 6. The fourth-order valence-electron chi connectivity index (χ4n) is 7.18. The minimum Gasteiger partial charge on any atom is -0.348 e. The van der Waals surface area contributed by atoms with Gasteiger partial charge >= 0.3 is 5.69 Å². The average molecular weight is 606 g/mol. The molecule has 12 heteroatoms. The third kappa shape index (κ3) is 5.28. The van der Waals surface area contributed by atoms with E-state index in [1.165, 1.54) is 22.6 Å². The molecule has 4 aromatic heterocycles. The molecule has 3 aliphatic rings. The Morgan fingerprint density at radius 2 is 1.77 bits per heavy atom. The smallest absolute Gasteiger partial charge is 0.333 e. The summed E-state index contributed by atoms with van der Waals surface area (Å²) >= 11 is 1.85. The molecule has 226 valence electrons. The van der Waals surface area contributed by atoms with Gasteiger partial charge in [0.05, 0.1) is 11.6 Å². The quantitative estimate of drug-likeness (QED) is 0.365. The first-order chi connectivity index (χ1) is 20.9. The van der Waals surface area contributed by atoms with E-state index in [2.05, 4.69) is 39.5 Å². The lowest BCUT2D eigenvalue weighted by atomic mass is 9.90. The number of aromatic nitrogens is 5. The Labute approximate surface area is 252 Å². The predicted octanol–water partition coefficient (Wildman–Crippen LogP) is 4.09. The van der Waals surface area contributed by atoms with Crippen molar-refractivity contribution in [3.05, 3.63) is 74.7 Å². The number of thioether (sulfide) groups is 1. The van der Waals surface area contributed by atoms with Gasteiger partial charge < -0.3 is 9.72 Å². The van der Waals surface area contributed by atoms with Crippen LogP contribution in [0.4, 0.5) is 4.39 Å². The van der Waals surface area contributed by atoms with Gasteiger partial charge in [-0.25, -0.2) is 19.2 Å². The average Bonchev–Trinajstić information content (AvgIpc) is 3.65. The van der Waals surface area contributed by atoms with Crippen molar-refractivity contribution in [1.29, 1.82) is 0 Å². The van der Waals surface area contributed by atoms with E-state index < -0.39 is 11.4 Å². The molecule has 2 aliphatic heterocycles. The topological polar surface area (TPSA) is 107 Å². The summed E-state index contributed by atoms with van der Waals surface area (Å²) in [6.45, 7) is 1.09. The molecule has 10 nitrogen and oxygen atoms in total. The minimum atomic E-state index is -0.596. The number of carbonyl (C=O) groups excluding carboxylic acids is 1. The number of hydrogen-bond donors (Lipinski definition) is 1. The van der Waals surface area contributed by atoms with Gasteiger partial charge in [-0.2, -0.15) is 11.8 Å². The Bertz CT molecular complexity index is 1800. The molecule has 1 amide bonds. The molecule has 0 bridgehead atoms. The molecule has 43 heavy (non-hydrogen) atoms. The summed E-state index contributed by atoms with van der Waals surface area (Å²) in [5, 5.41) is 3.26. The fourth-order valence-corrected chi connectivity index (χ4v) is 8.27. The number of halogens is 1. The zero-order chi connectivity index (χ0) is 29.7. The van der Waals surface area contributed by atoms with Crippen molar-refractivity contribution in [3.8, 4) is 0 Å². The molecule has 6 heterocycles. The first-order valence-corrected chi connectivity index (χ1v) is 16.4. The van der Waals surface area contributed by atoms with Crippen molar-refractivity contribution in [1.82, 2.24) is 33.7 Å². The molecule has 1 atom stereocenters. The van der Waals surface area contributed by atoms with Gasteiger partial charge in [-0.15, -0.1) is 0 Å². The molecule has 0 radical (unpaired) electrons. The van der Waals surface area contributed by atoms with E-state index in [1.54, 1.807) is 10.8 Å².